The Labute approximate surface area is 127 Å². The second-order valence-electron chi connectivity index (χ2n) is 4.96. The number of methoxy groups -OCH3 is 1. The van der Waals surface area contributed by atoms with Gasteiger partial charge in [-0.1, -0.05) is 13.8 Å². The molecule has 0 aromatic heterocycles. The molecule has 0 spiro atoms. The molecule has 20 heavy (non-hydrogen) atoms. The molecule has 1 rings (SSSR count). The van der Waals surface area contributed by atoms with Crippen molar-refractivity contribution in [1.29, 1.82) is 0 Å². The number of hydrogen-bond acceptors (Lipinski definition) is 3. The third-order valence-electron chi connectivity index (χ3n) is 2.72. The van der Waals surface area contributed by atoms with Crippen molar-refractivity contribution in [3.8, 4) is 5.75 Å². The number of anilines is 1. The van der Waals surface area contributed by atoms with Crippen LogP contribution in [0.15, 0.2) is 22.7 Å². The number of rotatable bonds is 6. The molecule has 0 aliphatic rings. The lowest BCUT2D eigenvalue weighted by atomic mass is 10.0. The van der Waals surface area contributed by atoms with Gasteiger partial charge in [0.15, 0.2) is 0 Å². The largest absolute Gasteiger partial charge is 0.495 e. The topological polar surface area (TPSA) is 70.6 Å². The fraction of sp³-hybridized carbons (Fsp3) is 0.500. The van der Waals surface area contributed by atoms with Gasteiger partial charge in [0.2, 0.25) is 0 Å². The number of ether oxygens (including phenoxy) is 1. The molecule has 0 fully saturated rings. The molecule has 0 aliphatic carbocycles. The predicted molar refractivity (Wildman–Crippen MR) is 83.2 cm³/mol. The van der Waals surface area contributed by atoms with E-state index < -0.39 is 0 Å². The van der Waals surface area contributed by atoms with Crippen molar-refractivity contribution in [2.24, 2.45) is 5.92 Å². The van der Waals surface area contributed by atoms with Gasteiger partial charge in [-0.3, -0.25) is 0 Å². The fourth-order valence-corrected chi connectivity index (χ4v) is 2.25. The van der Waals surface area contributed by atoms with Gasteiger partial charge in [0.05, 0.1) is 24.2 Å². The lowest BCUT2D eigenvalue weighted by Gasteiger charge is -2.18. The van der Waals surface area contributed by atoms with Crippen molar-refractivity contribution in [1.82, 2.24) is 5.32 Å². The Hall–Kier alpha value is -1.27. The highest BCUT2D eigenvalue weighted by atomic mass is 79.9. The Balaban J connectivity index is 2.61. The molecule has 5 nitrogen and oxygen atoms in total. The van der Waals surface area contributed by atoms with Gasteiger partial charge in [0, 0.05) is 11.8 Å². The monoisotopic (exact) mass is 344 g/mol. The number of urea groups is 1. The number of halogens is 1. The number of aliphatic hydroxyl groups is 1. The summed E-state index contributed by atoms with van der Waals surface area (Å²) in [5.74, 6) is 1.05. The van der Waals surface area contributed by atoms with E-state index in [1.165, 1.54) is 0 Å². The molecule has 112 valence electrons. The maximum atomic E-state index is 11.9. The molecule has 0 bridgehead atoms. The van der Waals surface area contributed by atoms with Crippen LogP contribution >= 0.6 is 15.9 Å². The summed E-state index contributed by atoms with van der Waals surface area (Å²) in [5.41, 5.74) is 0.629. The minimum Gasteiger partial charge on any atom is -0.495 e. The minimum absolute atomic E-state index is 0.0741. The van der Waals surface area contributed by atoms with E-state index in [0.29, 0.717) is 17.4 Å². The molecular weight excluding hydrogens is 324 g/mol. The highest BCUT2D eigenvalue weighted by Gasteiger charge is 2.13. The predicted octanol–water partition coefficient (Wildman–Crippen LogP) is 2.99. The van der Waals surface area contributed by atoms with Crippen LogP contribution in [0.4, 0.5) is 10.5 Å². The molecular formula is C14H21BrN2O3. The lowest BCUT2D eigenvalue weighted by Crippen LogP contribution is -2.40. The summed E-state index contributed by atoms with van der Waals surface area (Å²) in [6.07, 6.45) is 0.730. The molecule has 1 atom stereocenters. The Kier molecular flexibility index (Phi) is 6.81. The number of carbonyl (C=O) groups excluding carboxylic acids is 1. The van der Waals surface area contributed by atoms with Gasteiger partial charge in [-0.25, -0.2) is 4.79 Å². The van der Waals surface area contributed by atoms with Gasteiger partial charge in [-0.2, -0.15) is 0 Å². The summed E-state index contributed by atoms with van der Waals surface area (Å²) in [5, 5.41) is 14.7. The van der Waals surface area contributed by atoms with Crippen LogP contribution in [-0.4, -0.2) is 30.9 Å². The van der Waals surface area contributed by atoms with Gasteiger partial charge in [0.25, 0.3) is 0 Å². The van der Waals surface area contributed by atoms with Gasteiger partial charge in [-0.05, 0) is 40.4 Å². The van der Waals surface area contributed by atoms with Gasteiger partial charge in [-0.15, -0.1) is 0 Å². The van der Waals surface area contributed by atoms with E-state index in [-0.39, 0.29) is 18.7 Å². The number of hydrogen-bond donors (Lipinski definition) is 3. The Morgan fingerprint density at radius 1 is 1.45 bits per heavy atom. The van der Waals surface area contributed by atoms with Crippen LogP contribution in [0, 0.1) is 5.92 Å². The van der Waals surface area contributed by atoms with Crippen molar-refractivity contribution in [2.75, 3.05) is 19.0 Å². The average Bonchev–Trinajstić information content (AvgIpc) is 2.39. The zero-order chi connectivity index (χ0) is 15.1. The van der Waals surface area contributed by atoms with Crippen LogP contribution in [0.25, 0.3) is 0 Å². The Morgan fingerprint density at radius 3 is 2.70 bits per heavy atom. The molecule has 0 saturated heterocycles. The van der Waals surface area contributed by atoms with Crippen LogP contribution in [0.5, 0.6) is 5.75 Å². The van der Waals surface area contributed by atoms with E-state index in [4.69, 9.17) is 4.74 Å². The molecule has 3 N–H and O–H groups in total. The summed E-state index contributed by atoms with van der Waals surface area (Å²) in [6.45, 7) is 4.01. The number of carbonyl (C=O) groups is 1. The molecule has 1 aromatic carbocycles. The van der Waals surface area contributed by atoms with E-state index in [1.807, 2.05) is 13.8 Å². The Morgan fingerprint density at radius 2 is 2.15 bits per heavy atom. The van der Waals surface area contributed by atoms with Gasteiger partial charge in [0.1, 0.15) is 5.75 Å². The summed E-state index contributed by atoms with van der Waals surface area (Å²) in [6, 6.07) is 4.70. The zero-order valence-corrected chi connectivity index (χ0v) is 13.5. The molecule has 1 unspecified atom stereocenters. The maximum absolute atomic E-state index is 11.9. The Bertz CT molecular complexity index is 452. The van der Waals surface area contributed by atoms with Crippen LogP contribution in [0.3, 0.4) is 0 Å². The second kappa shape index (κ2) is 8.11. The second-order valence-corrected chi connectivity index (χ2v) is 5.81. The van der Waals surface area contributed by atoms with E-state index in [9.17, 15) is 9.90 Å². The maximum Gasteiger partial charge on any atom is 0.319 e. The third-order valence-corrected chi connectivity index (χ3v) is 3.38. The van der Waals surface area contributed by atoms with Crippen LogP contribution < -0.4 is 15.4 Å². The van der Waals surface area contributed by atoms with E-state index in [0.717, 1.165) is 10.9 Å². The molecule has 0 heterocycles. The molecule has 6 heteroatoms. The number of amides is 2. The number of nitrogens with one attached hydrogen (secondary N) is 2. The highest BCUT2D eigenvalue weighted by Crippen LogP contribution is 2.27. The average molecular weight is 345 g/mol. The molecule has 1 aromatic rings. The van der Waals surface area contributed by atoms with E-state index in [1.54, 1.807) is 25.3 Å². The van der Waals surface area contributed by atoms with Crippen LogP contribution in [0.2, 0.25) is 0 Å². The summed E-state index contributed by atoms with van der Waals surface area (Å²) >= 11 is 3.35. The zero-order valence-electron chi connectivity index (χ0n) is 11.9. The third kappa shape index (κ3) is 5.38. The van der Waals surface area contributed by atoms with Crippen molar-refractivity contribution in [3.63, 3.8) is 0 Å². The fourth-order valence-electron chi connectivity index (χ4n) is 1.84. The number of benzene rings is 1. The van der Waals surface area contributed by atoms with E-state index in [2.05, 4.69) is 26.6 Å². The molecule has 0 radical (unpaired) electrons. The normalized spacial score (nSPS) is 12.1. The van der Waals surface area contributed by atoms with Crippen LogP contribution in [-0.2, 0) is 0 Å². The first kappa shape index (κ1) is 16.8. The first-order valence-electron chi connectivity index (χ1n) is 6.48. The standard InChI is InChI=1S/C14H21BrN2O3/c1-9(2)6-11(8-18)17-14(19)16-10-4-5-12(15)13(7-10)20-3/h4-5,7,9,11,18H,6,8H2,1-3H3,(H2,16,17,19). The van der Waals surface area contributed by atoms with Crippen molar-refractivity contribution < 1.29 is 14.6 Å². The highest BCUT2D eigenvalue weighted by molar-refractivity contribution is 9.10. The molecule has 0 aliphatic heterocycles. The van der Waals surface area contributed by atoms with Crippen molar-refractivity contribution in [3.05, 3.63) is 22.7 Å². The van der Waals surface area contributed by atoms with Crippen molar-refractivity contribution in [2.45, 2.75) is 26.3 Å². The quantitative estimate of drug-likeness (QED) is 0.742. The lowest BCUT2D eigenvalue weighted by molar-refractivity contribution is 0.214. The van der Waals surface area contributed by atoms with E-state index >= 15 is 0 Å². The first-order valence-corrected chi connectivity index (χ1v) is 7.27. The number of aliphatic hydroxyl groups excluding tert-OH is 1. The SMILES string of the molecule is COc1cc(NC(=O)NC(CO)CC(C)C)ccc1Br. The summed E-state index contributed by atoms with van der Waals surface area (Å²) in [4.78, 5) is 11.9. The summed E-state index contributed by atoms with van der Waals surface area (Å²) in [7, 11) is 1.56. The van der Waals surface area contributed by atoms with Gasteiger partial charge < -0.3 is 20.5 Å². The molecule has 0 saturated carbocycles. The van der Waals surface area contributed by atoms with Gasteiger partial charge >= 0.3 is 6.03 Å². The minimum atomic E-state index is -0.339. The molecule has 2 amide bonds. The summed E-state index contributed by atoms with van der Waals surface area (Å²) < 4.78 is 5.98. The van der Waals surface area contributed by atoms with Crippen molar-refractivity contribution >= 4 is 27.6 Å². The first-order chi connectivity index (χ1) is 9.46. The smallest absolute Gasteiger partial charge is 0.319 e. The van der Waals surface area contributed by atoms with Crippen LogP contribution in [0.1, 0.15) is 20.3 Å².